The summed E-state index contributed by atoms with van der Waals surface area (Å²) in [6.07, 6.45) is 0. The van der Waals surface area contributed by atoms with E-state index in [9.17, 15) is 5.11 Å². The summed E-state index contributed by atoms with van der Waals surface area (Å²) in [6, 6.07) is 10.5. The van der Waals surface area contributed by atoms with Crippen LogP contribution in [0, 0.1) is 6.92 Å². The van der Waals surface area contributed by atoms with Crippen molar-refractivity contribution in [1.29, 1.82) is 0 Å². The van der Waals surface area contributed by atoms with E-state index < -0.39 is 0 Å². The number of aromatic nitrogens is 2. The lowest BCUT2D eigenvalue weighted by Gasteiger charge is -2.00. The third kappa shape index (κ3) is 2.80. The van der Waals surface area contributed by atoms with Gasteiger partial charge in [0.15, 0.2) is 0 Å². The van der Waals surface area contributed by atoms with Crippen LogP contribution in [-0.2, 0) is 0 Å². The van der Waals surface area contributed by atoms with E-state index >= 15 is 0 Å². The van der Waals surface area contributed by atoms with Gasteiger partial charge in [-0.25, -0.2) is 0 Å². The topological polar surface area (TPSA) is 59.2 Å². The molecule has 0 bridgehead atoms. The molecule has 0 radical (unpaired) electrons. The van der Waals surface area contributed by atoms with Gasteiger partial charge in [-0.3, -0.25) is 0 Å². The first-order valence-corrected chi connectivity index (χ1v) is 7.31. The molecule has 0 atom stereocenters. The zero-order chi connectivity index (χ0) is 15.0. The maximum Gasteiger partial charge on any atom is 0.261 e. The number of benzene rings is 2. The van der Waals surface area contributed by atoms with Crippen LogP contribution < -0.4 is 0 Å². The second kappa shape index (κ2) is 5.50. The first-order valence-electron chi connectivity index (χ1n) is 6.14. The average molecular weight is 366 g/mol. The SMILES string of the molecule is Cc1ccc(-c2noc(-c3ccc(Cl)cc3O)n2)cc1Br. The zero-order valence-corrected chi connectivity index (χ0v) is 13.3. The Kier molecular flexibility index (Phi) is 3.69. The molecular weight excluding hydrogens is 356 g/mol. The van der Waals surface area contributed by atoms with Crippen molar-refractivity contribution >= 4 is 27.5 Å². The molecular formula is C15H10BrClN2O2. The van der Waals surface area contributed by atoms with Gasteiger partial charge in [0, 0.05) is 15.1 Å². The summed E-state index contributed by atoms with van der Waals surface area (Å²) in [6.45, 7) is 2.00. The van der Waals surface area contributed by atoms with Gasteiger partial charge in [-0.05, 0) is 36.8 Å². The third-order valence-electron chi connectivity index (χ3n) is 3.05. The van der Waals surface area contributed by atoms with Crippen molar-refractivity contribution in [3.63, 3.8) is 0 Å². The number of phenolic OH excluding ortho intramolecular Hbond substituents is 1. The van der Waals surface area contributed by atoms with Gasteiger partial charge in [0.05, 0.1) is 5.56 Å². The molecule has 1 N–H and O–H groups in total. The first-order chi connectivity index (χ1) is 10.0. The fraction of sp³-hybridized carbons (Fsp3) is 0.0667. The molecule has 0 aliphatic carbocycles. The summed E-state index contributed by atoms with van der Waals surface area (Å²) in [5.41, 5.74) is 2.40. The van der Waals surface area contributed by atoms with Gasteiger partial charge in [0.25, 0.3) is 5.89 Å². The lowest BCUT2D eigenvalue weighted by atomic mass is 10.1. The van der Waals surface area contributed by atoms with Gasteiger partial charge in [-0.15, -0.1) is 0 Å². The molecule has 6 heteroatoms. The number of hydrogen-bond donors (Lipinski definition) is 1. The number of aryl methyl sites for hydroxylation is 1. The van der Waals surface area contributed by atoms with Crippen LogP contribution in [-0.4, -0.2) is 15.2 Å². The van der Waals surface area contributed by atoms with Crippen LogP contribution >= 0.6 is 27.5 Å². The van der Waals surface area contributed by atoms with E-state index in [2.05, 4.69) is 26.1 Å². The Morgan fingerprint density at radius 3 is 2.71 bits per heavy atom. The molecule has 0 saturated heterocycles. The van der Waals surface area contributed by atoms with Gasteiger partial charge in [0.1, 0.15) is 5.75 Å². The summed E-state index contributed by atoms with van der Waals surface area (Å²) in [7, 11) is 0. The molecule has 0 aliphatic heterocycles. The molecule has 106 valence electrons. The monoisotopic (exact) mass is 364 g/mol. The van der Waals surface area contributed by atoms with E-state index in [4.69, 9.17) is 16.1 Å². The highest BCUT2D eigenvalue weighted by Crippen LogP contribution is 2.32. The Morgan fingerprint density at radius 2 is 2.00 bits per heavy atom. The quantitative estimate of drug-likeness (QED) is 0.706. The lowest BCUT2D eigenvalue weighted by Crippen LogP contribution is -1.84. The summed E-state index contributed by atoms with van der Waals surface area (Å²) in [4.78, 5) is 4.31. The predicted octanol–water partition coefficient (Wildman–Crippen LogP) is 4.83. The lowest BCUT2D eigenvalue weighted by molar-refractivity contribution is 0.426. The molecule has 3 rings (SSSR count). The molecule has 21 heavy (non-hydrogen) atoms. The van der Waals surface area contributed by atoms with Crippen LogP contribution in [0.25, 0.3) is 22.8 Å². The van der Waals surface area contributed by atoms with Gasteiger partial charge in [-0.1, -0.05) is 44.8 Å². The van der Waals surface area contributed by atoms with Crippen LogP contribution in [0.3, 0.4) is 0 Å². The van der Waals surface area contributed by atoms with E-state index in [-0.39, 0.29) is 11.6 Å². The molecule has 0 saturated carbocycles. The van der Waals surface area contributed by atoms with Crippen molar-refractivity contribution in [2.75, 3.05) is 0 Å². The maximum atomic E-state index is 9.89. The fourth-order valence-electron chi connectivity index (χ4n) is 1.87. The highest BCUT2D eigenvalue weighted by atomic mass is 79.9. The minimum Gasteiger partial charge on any atom is -0.507 e. The van der Waals surface area contributed by atoms with Crippen LogP contribution in [0.15, 0.2) is 45.4 Å². The fourth-order valence-corrected chi connectivity index (χ4v) is 2.41. The molecule has 0 unspecified atom stereocenters. The second-order valence-corrected chi connectivity index (χ2v) is 5.84. The maximum absolute atomic E-state index is 9.89. The summed E-state index contributed by atoms with van der Waals surface area (Å²) < 4.78 is 6.19. The Balaban J connectivity index is 2.01. The summed E-state index contributed by atoms with van der Waals surface area (Å²) >= 11 is 9.28. The minimum atomic E-state index is 0.00258. The number of phenols is 1. The van der Waals surface area contributed by atoms with Crippen LogP contribution in [0.4, 0.5) is 0 Å². The number of hydrogen-bond acceptors (Lipinski definition) is 4. The standard InChI is InChI=1S/C15H10BrClN2O2/c1-8-2-3-9(6-12(8)16)14-18-15(21-19-14)11-5-4-10(17)7-13(11)20/h2-7,20H,1H3. The van der Waals surface area contributed by atoms with Crippen molar-refractivity contribution < 1.29 is 9.63 Å². The average Bonchev–Trinajstić information content (AvgIpc) is 2.91. The molecule has 2 aromatic carbocycles. The number of nitrogens with zero attached hydrogens (tertiary/aromatic N) is 2. The molecule has 0 amide bonds. The molecule has 4 nitrogen and oxygen atoms in total. The molecule has 0 fully saturated rings. The van der Waals surface area contributed by atoms with Gasteiger partial charge >= 0.3 is 0 Å². The van der Waals surface area contributed by atoms with E-state index in [1.165, 1.54) is 6.07 Å². The molecule has 1 aromatic heterocycles. The summed E-state index contributed by atoms with van der Waals surface area (Å²) in [5.74, 6) is 0.707. The van der Waals surface area contributed by atoms with Crippen molar-refractivity contribution in [2.24, 2.45) is 0 Å². The predicted molar refractivity (Wildman–Crippen MR) is 84.3 cm³/mol. The van der Waals surface area contributed by atoms with Crippen molar-refractivity contribution in [1.82, 2.24) is 10.1 Å². The zero-order valence-electron chi connectivity index (χ0n) is 11.0. The van der Waals surface area contributed by atoms with Gasteiger partial charge < -0.3 is 9.63 Å². The van der Waals surface area contributed by atoms with Crippen molar-refractivity contribution in [2.45, 2.75) is 6.92 Å². The summed E-state index contributed by atoms with van der Waals surface area (Å²) in [5, 5.41) is 14.3. The molecule has 3 aromatic rings. The van der Waals surface area contributed by atoms with Crippen molar-refractivity contribution in [3.8, 4) is 28.6 Å². The highest BCUT2D eigenvalue weighted by molar-refractivity contribution is 9.10. The largest absolute Gasteiger partial charge is 0.507 e. The normalized spacial score (nSPS) is 10.8. The van der Waals surface area contributed by atoms with E-state index in [0.29, 0.717) is 16.4 Å². The number of halogens is 2. The van der Waals surface area contributed by atoms with Crippen LogP contribution in [0.1, 0.15) is 5.56 Å². The third-order valence-corrected chi connectivity index (χ3v) is 4.14. The first kappa shape index (κ1) is 14.1. The minimum absolute atomic E-state index is 0.00258. The Bertz CT molecular complexity index is 817. The van der Waals surface area contributed by atoms with E-state index in [1.54, 1.807) is 12.1 Å². The Labute approximate surface area is 134 Å². The highest BCUT2D eigenvalue weighted by Gasteiger charge is 2.14. The smallest absolute Gasteiger partial charge is 0.261 e. The number of rotatable bonds is 2. The van der Waals surface area contributed by atoms with Gasteiger partial charge in [-0.2, -0.15) is 4.98 Å². The van der Waals surface area contributed by atoms with E-state index in [0.717, 1.165) is 15.6 Å². The van der Waals surface area contributed by atoms with E-state index in [1.807, 2.05) is 25.1 Å². The van der Waals surface area contributed by atoms with Crippen molar-refractivity contribution in [3.05, 3.63) is 51.5 Å². The molecule has 0 spiro atoms. The number of aromatic hydroxyl groups is 1. The molecule has 0 aliphatic rings. The molecule has 1 heterocycles. The van der Waals surface area contributed by atoms with Crippen LogP contribution in [0.5, 0.6) is 5.75 Å². The van der Waals surface area contributed by atoms with Gasteiger partial charge in [0.2, 0.25) is 5.82 Å². The Morgan fingerprint density at radius 1 is 1.19 bits per heavy atom. The van der Waals surface area contributed by atoms with Crippen LogP contribution in [0.2, 0.25) is 5.02 Å². The Hall–Kier alpha value is -1.85. The second-order valence-electron chi connectivity index (χ2n) is 4.55.